The van der Waals surface area contributed by atoms with E-state index in [-0.39, 0.29) is 12.8 Å². The Hall–Kier alpha value is -0.980. The number of unbranched alkanes of at least 4 members (excludes halogenated alkanes) is 2. The zero-order valence-electron chi connectivity index (χ0n) is 16.1. The molecule has 0 radical (unpaired) electrons. The third-order valence-electron chi connectivity index (χ3n) is 4.15. The minimum Gasteiger partial charge on any atom is -0.224 e. The van der Waals surface area contributed by atoms with Crippen LogP contribution in [0.5, 0.6) is 0 Å². The lowest BCUT2D eigenvalue weighted by Crippen LogP contribution is -2.57. The highest BCUT2D eigenvalue weighted by Gasteiger charge is 2.75. The fraction of sp³-hybridized carbons (Fsp3) is 1.00. The van der Waals surface area contributed by atoms with Crippen LogP contribution in [0, 0.1) is 5.92 Å². The summed E-state index contributed by atoms with van der Waals surface area (Å²) in [6.07, 6.45) is -33.6. The molecule has 0 spiro atoms. The molecule has 0 bridgehead atoms. The third kappa shape index (κ3) is 7.31. The van der Waals surface area contributed by atoms with E-state index in [2.05, 4.69) is 0 Å². The van der Waals surface area contributed by atoms with Gasteiger partial charge in [-0.15, -0.1) is 0 Å². The molecular formula is C16H22F14. The van der Waals surface area contributed by atoms with Crippen LogP contribution in [-0.2, 0) is 0 Å². The van der Waals surface area contributed by atoms with Gasteiger partial charge in [-0.1, -0.05) is 46.5 Å². The largest absolute Gasteiger partial charge is 0.431 e. The lowest BCUT2D eigenvalue weighted by Gasteiger charge is -2.37. The average Bonchev–Trinajstić information content (AvgIpc) is 2.52. The summed E-state index contributed by atoms with van der Waals surface area (Å²) >= 11 is 0. The van der Waals surface area contributed by atoms with E-state index in [1.54, 1.807) is 0 Å². The van der Waals surface area contributed by atoms with Gasteiger partial charge in [0.25, 0.3) is 11.3 Å². The first-order valence-electron chi connectivity index (χ1n) is 8.78. The second-order valence-electron chi connectivity index (χ2n) is 6.36. The van der Waals surface area contributed by atoms with Gasteiger partial charge in [0.15, 0.2) is 0 Å². The Kier molecular flexibility index (Phi) is 11.0. The van der Waals surface area contributed by atoms with Crippen molar-refractivity contribution in [1.29, 1.82) is 0 Å². The topological polar surface area (TPSA) is 0 Å². The maximum absolute atomic E-state index is 13.8. The van der Waals surface area contributed by atoms with Crippen LogP contribution in [0.1, 0.15) is 59.3 Å². The van der Waals surface area contributed by atoms with Crippen LogP contribution < -0.4 is 0 Å². The molecule has 14 heteroatoms. The zero-order chi connectivity index (χ0) is 24.8. The third-order valence-corrected chi connectivity index (χ3v) is 4.15. The van der Waals surface area contributed by atoms with Crippen molar-refractivity contribution in [2.24, 2.45) is 5.92 Å². The smallest absolute Gasteiger partial charge is 0.224 e. The predicted octanol–water partition coefficient (Wildman–Crippen LogP) is 8.66. The highest BCUT2D eigenvalue weighted by Crippen LogP contribution is 2.55. The number of hydrogen-bond acceptors (Lipinski definition) is 0. The molecule has 0 atom stereocenters. The molecule has 0 aromatic carbocycles. The highest BCUT2D eigenvalue weighted by molar-refractivity contribution is 5.01. The molecule has 0 N–H and O–H groups in total. The Morgan fingerprint density at radius 2 is 0.767 bits per heavy atom. The van der Waals surface area contributed by atoms with Gasteiger partial charge in [0.2, 0.25) is 0 Å². The number of halogens is 14. The maximum atomic E-state index is 13.8. The van der Waals surface area contributed by atoms with E-state index in [1.165, 1.54) is 6.92 Å². The summed E-state index contributed by atoms with van der Waals surface area (Å²) in [6, 6.07) is 0. The first kappa shape index (κ1) is 31.2. The van der Waals surface area contributed by atoms with Gasteiger partial charge in [-0.3, -0.25) is 0 Å². The van der Waals surface area contributed by atoms with Crippen LogP contribution in [0.4, 0.5) is 61.5 Å². The summed E-state index contributed by atoms with van der Waals surface area (Å²) in [5.74, 6) is -2.84. The molecule has 0 rings (SSSR count). The Bertz CT molecular complexity index is 414. The van der Waals surface area contributed by atoms with Crippen LogP contribution in [0.25, 0.3) is 0 Å². The summed E-state index contributed by atoms with van der Waals surface area (Å²) < 4.78 is 179. The zero-order valence-corrected chi connectivity index (χ0v) is 16.1. The maximum Gasteiger partial charge on any atom is 0.431 e. The highest BCUT2D eigenvalue weighted by atomic mass is 19.4. The molecule has 0 aliphatic heterocycles. The molecule has 0 aromatic rings. The van der Waals surface area contributed by atoms with Gasteiger partial charge in [0.05, 0.1) is 0 Å². The second kappa shape index (κ2) is 10.6. The van der Waals surface area contributed by atoms with E-state index in [4.69, 9.17) is 0 Å². The Balaban J connectivity index is 0. The molecule has 30 heavy (non-hydrogen) atoms. The van der Waals surface area contributed by atoms with Crippen LogP contribution >= 0.6 is 0 Å². The van der Waals surface area contributed by atoms with Crippen molar-refractivity contribution in [2.75, 3.05) is 0 Å². The van der Waals surface area contributed by atoms with Crippen molar-refractivity contribution in [3.8, 4) is 0 Å². The molecule has 0 aliphatic carbocycles. The monoisotopic (exact) mass is 480 g/mol. The molecule has 0 fully saturated rings. The van der Waals surface area contributed by atoms with Crippen LogP contribution in [-0.4, -0.2) is 36.0 Å². The van der Waals surface area contributed by atoms with Crippen molar-refractivity contribution in [1.82, 2.24) is 0 Å². The van der Waals surface area contributed by atoms with Gasteiger partial charge in [0, 0.05) is 12.8 Å². The SMILES string of the molecule is CC.CCCCCC(CC(F)(C(F)(F)F)C(F)(F)F)CC(F)(C(F)(F)F)C(F)(F)F. The normalized spacial score (nSPS) is 14.6. The van der Waals surface area contributed by atoms with Crippen molar-refractivity contribution in [3.05, 3.63) is 0 Å². The molecule has 0 aromatic heterocycles. The van der Waals surface area contributed by atoms with E-state index < -0.39 is 67.6 Å². The van der Waals surface area contributed by atoms with Gasteiger partial charge in [-0.25, -0.2) is 8.78 Å². The van der Waals surface area contributed by atoms with E-state index in [0.717, 1.165) is 0 Å². The van der Waals surface area contributed by atoms with Crippen molar-refractivity contribution >= 4 is 0 Å². The van der Waals surface area contributed by atoms with Crippen molar-refractivity contribution < 1.29 is 61.5 Å². The molecule has 184 valence electrons. The quantitative estimate of drug-likeness (QED) is 0.241. The predicted molar refractivity (Wildman–Crippen MR) is 80.1 cm³/mol. The van der Waals surface area contributed by atoms with Crippen molar-refractivity contribution in [2.45, 2.75) is 95.3 Å². The number of hydrogen-bond donors (Lipinski definition) is 0. The van der Waals surface area contributed by atoms with Crippen LogP contribution in [0.2, 0.25) is 0 Å². The van der Waals surface area contributed by atoms with E-state index in [9.17, 15) is 61.5 Å². The van der Waals surface area contributed by atoms with Crippen LogP contribution in [0.3, 0.4) is 0 Å². The standard InChI is InChI=1S/C14H16F14.C2H6/c1-2-3-4-5-8(6-9(15,11(17,18)19)12(20,21)22)7-10(16,13(23,24)25)14(26,27)28;1-2/h8H,2-7H2,1H3;1-2H3. The molecular weight excluding hydrogens is 458 g/mol. The minimum atomic E-state index is -6.68. The summed E-state index contributed by atoms with van der Waals surface area (Å²) in [7, 11) is 0. The van der Waals surface area contributed by atoms with E-state index >= 15 is 0 Å². The summed E-state index contributed by atoms with van der Waals surface area (Å²) in [4.78, 5) is 0. The molecule has 0 amide bonds. The molecule has 0 unspecified atom stereocenters. The summed E-state index contributed by atoms with van der Waals surface area (Å²) in [6.45, 7) is 5.46. The molecule has 0 nitrogen and oxygen atoms in total. The van der Waals surface area contributed by atoms with Gasteiger partial charge in [-0.05, 0) is 5.92 Å². The number of alkyl halides is 14. The Labute approximate surface area is 164 Å². The first-order chi connectivity index (χ1) is 13.1. The number of rotatable bonds is 8. The first-order valence-corrected chi connectivity index (χ1v) is 8.78. The summed E-state index contributed by atoms with van der Waals surface area (Å²) in [5, 5.41) is 0. The molecule has 0 saturated heterocycles. The minimum absolute atomic E-state index is 0.00510. The van der Waals surface area contributed by atoms with Gasteiger partial charge < -0.3 is 0 Å². The Morgan fingerprint density at radius 3 is 0.967 bits per heavy atom. The average molecular weight is 480 g/mol. The van der Waals surface area contributed by atoms with Gasteiger partial charge >= 0.3 is 24.7 Å². The van der Waals surface area contributed by atoms with Crippen molar-refractivity contribution in [3.63, 3.8) is 0 Å². The molecule has 0 aliphatic rings. The molecule has 0 saturated carbocycles. The lowest BCUT2D eigenvalue weighted by atomic mass is 9.80. The van der Waals surface area contributed by atoms with E-state index in [0.29, 0.717) is 0 Å². The second-order valence-corrected chi connectivity index (χ2v) is 6.36. The van der Waals surface area contributed by atoms with Gasteiger partial charge in [-0.2, -0.15) is 52.7 Å². The van der Waals surface area contributed by atoms with Crippen LogP contribution in [0.15, 0.2) is 0 Å². The lowest BCUT2D eigenvalue weighted by molar-refractivity contribution is -0.356. The molecule has 0 heterocycles. The fourth-order valence-electron chi connectivity index (χ4n) is 2.54. The van der Waals surface area contributed by atoms with Gasteiger partial charge in [0.1, 0.15) is 0 Å². The Morgan fingerprint density at radius 1 is 0.500 bits per heavy atom. The van der Waals surface area contributed by atoms with E-state index in [1.807, 2.05) is 13.8 Å². The summed E-state index contributed by atoms with van der Waals surface area (Å²) in [5.41, 5.74) is -12.2. The fourth-order valence-corrected chi connectivity index (χ4v) is 2.54.